The van der Waals surface area contributed by atoms with E-state index in [0.717, 1.165) is 30.1 Å². The lowest BCUT2D eigenvalue weighted by Gasteiger charge is -2.29. The number of carboxylic acid groups (broad SMARTS) is 1. The smallest absolute Gasteiger partial charge is 0.311 e. The van der Waals surface area contributed by atoms with Crippen molar-refractivity contribution in [3.8, 4) is 0 Å². The van der Waals surface area contributed by atoms with E-state index in [1.807, 2.05) is 39.0 Å². The van der Waals surface area contributed by atoms with Crippen LogP contribution < -0.4 is 0 Å². The lowest BCUT2D eigenvalue weighted by Crippen LogP contribution is -2.39. The highest BCUT2D eigenvalue weighted by atomic mass is 35.5. The van der Waals surface area contributed by atoms with Crippen LogP contribution in [-0.4, -0.2) is 29.1 Å². The lowest BCUT2D eigenvalue weighted by atomic mass is 9.76. The molecule has 0 spiro atoms. The molecule has 3 nitrogen and oxygen atoms in total. The Bertz CT molecular complexity index is 515. The van der Waals surface area contributed by atoms with E-state index in [0.29, 0.717) is 6.54 Å². The maximum atomic E-state index is 11.6. The molecule has 1 aromatic rings. The van der Waals surface area contributed by atoms with Gasteiger partial charge in [-0.25, -0.2) is 0 Å². The summed E-state index contributed by atoms with van der Waals surface area (Å²) in [6, 6.07) is 5.89. The molecule has 1 fully saturated rings. The standard InChI is InChI=1S/C16H22ClNO2/c1-11(2)16(15(19)20)6-7-18(10-16)9-13-4-5-14(17)8-12(13)3/h4-5,8,11H,6-7,9-10H2,1-3H3,(H,19,20). The molecule has 1 saturated heterocycles. The Labute approximate surface area is 125 Å². The fraction of sp³-hybridized carbons (Fsp3) is 0.562. The molecule has 1 aromatic carbocycles. The zero-order valence-electron chi connectivity index (χ0n) is 12.3. The van der Waals surface area contributed by atoms with Crippen LogP contribution in [0.2, 0.25) is 5.02 Å². The minimum atomic E-state index is -0.664. The lowest BCUT2D eigenvalue weighted by molar-refractivity contribution is -0.151. The van der Waals surface area contributed by atoms with Crippen molar-refractivity contribution in [1.29, 1.82) is 0 Å². The monoisotopic (exact) mass is 295 g/mol. The van der Waals surface area contributed by atoms with E-state index in [1.54, 1.807) is 0 Å². The van der Waals surface area contributed by atoms with E-state index in [9.17, 15) is 9.90 Å². The predicted octanol–water partition coefficient (Wildman–Crippen LogP) is 3.58. The highest BCUT2D eigenvalue weighted by Crippen LogP contribution is 2.38. The number of aliphatic carboxylic acids is 1. The van der Waals surface area contributed by atoms with Crippen LogP contribution in [0.25, 0.3) is 0 Å². The van der Waals surface area contributed by atoms with Gasteiger partial charge in [0.15, 0.2) is 0 Å². The van der Waals surface area contributed by atoms with E-state index >= 15 is 0 Å². The number of halogens is 1. The molecule has 110 valence electrons. The third-order valence-electron chi connectivity index (χ3n) is 4.61. The summed E-state index contributed by atoms with van der Waals surface area (Å²) < 4.78 is 0. The molecule has 1 N–H and O–H groups in total. The minimum absolute atomic E-state index is 0.149. The van der Waals surface area contributed by atoms with E-state index in [2.05, 4.69) is 4.90 Å². The Morgan fingerprint density at radius 2 is 2.20 bits per heavy atom. The number of aryl methyl sites for hydroxylation is 1. The van der Waals surface area contributed by atoms with Crippen LogP contribution in [0.4, 0.5) is 0 Å². The van der Waals surface area contributed by atoms with Crippen molar-refractivity contribution < 1.29 is 9.90 Å². The van der Waals surface area contributed by atoms with Crippen LogP contribution in [-0.2, 0) is 11.3 Å². The summed E-state index contributed by atoms with van der Waals surface area (Å²) in [5, 5.41) is 10.3. The van der Waals surface area contributed by atoms with E-state index in [-0.39, 0.29) is 5.92 Å². The Morgan fingerprint density at radius 3 is 2.70 bits per heavy atom. The van der Waals surface area contributed by atoms with Gasteiger partial charge in [0, 0.05) is 18.1 Å². The molecule has 1 atom stereocenters. The van der Waals surface area contributed by atoms with Crippen LogP contribution in [0.5, 0.6) is 0 Å². The first-order valence-electron chi connectivity index (χ1n) is 7.06. The highest BCUT2D eigenvalue weighted by molar-refractivity contribution is 6.30. The summed E-state index contributed by atoms with van der Waals surface area (Å²) in [6.45, 7) is 8.32. The molecule has 1 aliphatic heterocycles. The Kier molecular flexibility index (Phi) is 4.40. The first-order valence-corrected chi connectivity index (χ1v) is 7.44. The number of carbonyl (C=O) groups is 1. The van der Waals surface area contributed by atoms with Gasteiger partial charge in [0.1, 0.15) is 0 Å². The fourth-order valence-corrected chi connectivity index (χ4v) is 3.25. The highest BCUT2D eigenvalue weighted by Gasteiger charge is 2.47. The van der Waals surface area contributed by atoms with Crippen LogP contribution in [0, 0.1) is 18.3 Å². The number of nitrogens with zero attached hydrogens (tertiary/aromatic N) is 1. The molecular formula is C16H22ClNO2. The Hall–Kier alpha value is -1.06. The third kappa shape index (κ3) is 2.84. The van der Waals surface area contributed by atoms with Gasteiger partial charge in [0.05, 0.1) is 5.41 Å². The maximum absolute atomic E-state index is 11.6. The van der Waals surface area contributed by atoms with Crippen molar-refractivity contribution in [1.82, 2.24) is 4.90 Å². The number of likely N-dealkylation sites (tertiary alicyclic amines) is 1. The van der Waals surface area contributed by atoms with E-state index < -0.39 is 11.4 Å². The van der Waals surface area contributed by atoms with Gasteiger partial charge in [-0.3, -0.25) is 9.69 Å². The van der Waals surface area contributed by atoms with E-state index in [4.69, 9.17) is 11.6 Å². The first kappa shape index (κ1) is 15.3. The van der Waals surface area contributed by atoms with Crippen molar-refractivity contribution >= 4 is 17.6 Å². The van der Waals surface area contributed by atoms with Gasteiger partial charge in [0.25, 0.3) is 0 Å². The zero-order valence-corrected chi connectivity index (χ0v) is 13.1. The second-order valence-corrected chi connectivity index (χ2v) is 6.58. The summed E-state index contributed by atoms with van der Waals surface area (Å²) in [7, 11) is 0. The molecule has 0 aromatic heterocycles. The normalized spacial score (nSPS) is 23.4. The van der Waals surface area contributed by atoms with Crippen LogP contribution >= 0.6 is 11.6 Å². The molecule has 0 aliphatic carbocycles. The predicted molar refractivity (Wildman–Crippen MR) is 81.0 cm³/mol. The first-order chi connectivity index (χ1) is 9.35. The summed E-state index contributed by atoms with van der Waals surface area (Å²) in [5.41, 5.74) is 1.79. The van der Waals surface area contributed by atoms with Crippen molar-refractivity contribution in [2.45, 2.75) is 33.7 Å². The van der Waals surface area contributed by atoms with Crippen LogP contribution in [0.3, 0.4) is 0 Å². The van der Waals surface area contributed by atoms with Crippen LogP contribution in [0.15, 0.2) is 18.2 Å². The summed E-state index contributed by atoms with van der Waals surface area (Å²) in [6.07, 6.45) is 0.729. The van der Waals surface area contributed by atoms with Gasteiger partial charge >= 0.3 is 5.97 Å². The van der Waals surface area contributed by atoms with Crippen molar-refractivity contribution in [3.63, 3.8) is 0 Å². The van der Waals surface area contributed by atoms with E-state index in [1.165, 1.54) is 5.56 Å². The topological polar surface area (TPSA) is 40.5 Å². The second kappa shape index (κ2) is 5.74. The van der Waals surface area contributed by atoms with Gasteiger partial charge in [-0.2, -0.15) is 0 Å². The summed E-state index contributed by atoms with van der Waals surface area (Å²) in [4.78, 5) is 13.9. The molecule has 1 aliphatic rings. The molecule has 1 unspecified atom stereocenters. The van der Waals surface area contributed by atoms with Gasteiger partial charge in [-0.1, -0.05) is 31.5 Å². The fourth-order valence-electron chi connectivity index (χ4n) is 3.02. The average Bonchev–Trinajstić information content (AvgIpc) is 2.78. The largest absolute Gasteiger partial charge is 0.481 e. The molecule has 0 radical (unpaired) electrons. The quantitative estimate of drug-likeness (QED) is 0.923. The number of carboxylic acids is 1. The van der Waals surface area contributed by atoms with Crippen molar-refractivity contribution in [2.24, 2.45) is 11.3 Å². The summed E-state index contributed by atoms with van der Waals surface area (Å²) >= 11 is 5.97. The number of hydrogen-bond donors (Lipinski definition) is 1. The van der Waals surface area contributed by atoms with Gasteiger partial charge < -0.3 is 5.11 Å². The Balaban J connectivity index is 2.11. The van der Waals surface area contributed by atoms with Crippen molar-refractivity contribution in [3.05, 3.63) is 34.3 Å². The maximum Gasteiger partial charge on any atom is 0.311 e. The molecular weight excluding hydrogens is 274 g/mol. The Morgan fingerprint density at radius 1 is 1.50 bits per heavy atom. The number of benzene rings is 1. The SMILES string of the molecule is Cc1cc(Cl)ccc1CN1CCC(C(=O)O)(C(C)C)C1. The second-order valence-electron chi connectivity index (χ2n) is 6.15. The third-order valence-corrected chi connectivity index (χ3v) is 4.84. The molecule has 2 rings (SSSR count). The molecule has 0 amide bonds. The molecule has 0 bridgehead atoms. The zero-order chi connectivity index (χ0) is 14.9. The van der Waals surface area contributed by atoms with Gasteiger partial charge in [0.2, 0.25) is 0 Å². The molecule has 20 heavy (non-hydrogen) atoms. The van der Waals surface area contributed by atoms with Gasteiger partial charge in [-0.05, 0) is 49.1 Å². The molecule has 4 heteroatoms. The molecule has 1 heterocycles. The van der Waals surface area contributed by atoms with Gasteiger partial charge in [-0.15, -0.1) is 0 Å². The minimum Gasteiger partial charge on any atom is -0.481 e. The molecule has 0 saturated carbocycles. The number of hydrogen-bond acceptors (Lipinski definition) is 2. The van der Waals surface area contributed by atoms with Crippen molar-refractivity contribution in [2.75, 3.05) is 13.1 Å². The average molecular weight is 296 g/mol. The number of rotatable bonds is 4. The van der Waals surface area contributed by atoms with Crippen LogP contribution in [0.1, 0.15) is 31.4 Å². The summed E-state index contributed by atoms with van der Waals surface area (Å²) in [5.74, 6) is -0.515.